The van der Waals surface area contributed by atoms with Gasteiger partial charge in [-0.15, -0.1) is 23.2 Å². The quantitative estimate of drug-likeness (QED) is 0.415. The molecule has 2 heterocycles. The van der Waals surface area contributed by atoms with Gasteiger partial charge < -0.3 is 9.97 Å². The van der Waals surface area contributed by atoms with Crippen molar-refractivity contribution in [1.82, 2.24) is 9.97 Å². The fourth-order valence-corrected chi connectivity index (χ4v) is 3.66. The average Bonchev–Trinajstić information content (AvgIpc) is 3.01. The van der Waals surface area contributed by atoms with E-state index in [4.69, 9.17) is 23.2 Å². The zero-order valence-electron chi connectivity index (χ0n) is 10.3. The van der Waals surface area contributed by atoms with Crippen LogP contribution in [0, 0.1) is 7.14 Å². The van der Waals surface area contributed by atoms with E-state index >= 15 is 0 Å². The number of nitrogens with one attached hydrogen (secondary N) is 2. The van der Waals surface area contributed by atoms with E-state index in [0.717, 1.165) is 18.5 Å². The van der Waals surface area contributed by atoms with Crippen molar-refractivity contribution in [2.45, 2.75) is 11.8 Å². The molecule has 0 saturated heterocycles. The average molecular weight is 537 g/mol. The molecule has 20 heavy (non-hydrogen) atoms. The smallest absolute Gasteiger partial charge is 0.153 e. The fourth-order valence-electron chi connectivity index (χ4n) is 2.04. The Bertz CT molecular complexity index is 546. The Hall–Kier alpha value is 0.270. The van der Waals surface area contributed by atoms with E-state index in [1.807, 2.05) is 24.5 Å². The van der Waals surface area contributed by atoms with Crippen LogP contribution >= 0.6 is 68.4 Å². The summed E-state index contributed by atoms with van der Waals surface area (Å²) in [5, 5.41) is 0. The van der Waals surface area contributed by atoms with Crippen LogP contribution in [0.25, 0.3) is 0 Å². The van der Waals surface area contributed by atoms with Crippen LogP contribution in [0.4, 0.5) is 0 Å². The Balaban J connectivity index is 2.26. The lowest BCUT2D eigenvalue weighted by Gasteiger charge is -2.17. The molecule has 2 unspecified atom stereocenters. The highest BCUT2D eigenvalue weighted by Gasteiger charge is 2.30. The van der Waals surface area contributed by atoms with Crippen molar-refractivity contribution >= 4 is 74.2 Å². The molecule has 0 fully saturated rings. The highest BCUT2D eigenvalue weighted by Crippen LogP contribution is 2.29. The molecule has 0 aliphatic rings. The minimum absolute atomic E-state index is 0.0338. The van der Waals surface area contributed by atoms with Gasteiger partial charge in [-0.1, -0.05) is 0 Å². The molecule has 0 saturated carbocycles. The molecular formula is C13H12Cl2I2N2O. The van der Waals surface area contributed by atoms with Crippen molar-refractivity contribution in [2.24, 2.45) is 0 Å². The lowest BCUT2D eigenvalue weighted by molar-refractivity contribution is -0.121. The summed E-state index contributed by atoms with van der Waals surface area (Å²) in [4.78, 5) is 18.9. The van der Waals surface area contributed by atoms with Crippen molar-refractivity contribution < 1.29 is 4.79 Å². The van der Waals surface area contributed by atoms with Crippen molar-refractivity contribution in [1.29, 1.82) is 0 Å². The first kappa shape index (κ1) is 16.6. The molecule has 0 aliphatic carbocycles. The highest BCUT2D eigenvalue weighted by atomic mass is 127. The zero-order chi connectivity index (χ0) is 14.7. The molecule has 0 aliphatic heterocycles. The Kier molecular flexibility index (Phi) is 6.25. The fraction of sp³-hybridized carbons (Fsp3) is 0.308. The van der Waals surface area contributed by atoms with Gasteiger partial charge >= 0.3 is 0 Å². The number of alkyl halides is 2. The molecule has 2 aromatic rings. The molecule has 2 rings (SSSR count). The van der Waals surface area contributed by atoms with Gasteiger partial charge in [0.05, 0.1) is 11.8 Å². The molecular weight excluding hydrogens is 525 g/mol. The van der Waals surface area contributed by atoms with Gasteiger partial charge in [-0.05, 0) is 57.3 Å². The van der Waals surface area contributed by atoms with Crippen LogP contribution < -0.4 is 0 Å². The predicted octanol–water partition coefficient (Wildman–Crippen LogP) is 4.47. The number of aromatic amines is 2. The Labute approximate surface area is 154 Å². The summed E-state index contributed by atoms with van der Waals surface area (Å²) < 4.78 is 2.11. The van der Waals surface area contributed by atoms with E-state index in [-0.39, 0.29) is 29.4 Å². The second kappa shape index (κ2) is 7.51. The first-order chi connectivity index (χ1) is 9.56. The normalized spacial score (nSPS) is 14.2. The lowest BCUT2D eigenvalue weighted by Crippen LogP contribution is -2.23. The number of halogens is 4. The largest absolute Gasteiger partial charge is 0.363 e. The first-order valence-corrected chi connectivity index (χ1v) is 9.12. The summed E-state index contributed by atoms with van der Waals surface area (Å²) in [5.41, 5.74) is 1.68. The number of Topliss-reactive ketones (excluding diaryl/α,β-unsaturated/α-hetero) is 1. The summed E-state index contributed by atoms with van der Waals surface area (Å²) in [6.45, 7) is 0. The number of hydrogen-bond acceptors (Lipinski definition) is 1. The number of ketones is 1. The van der Waals surface area contributed by atoms with Gasteiger partial charge in [0.1, 0.15) is 0 Å². The third-order valence-electron chi connectivity index (χ3n) is 3.09. The molecule has 0 aromatic carbocycles. The van der Waals surface area contributed by atoms with Gasteiger partial charge in [-0.2, -0.15) is 0 Å². The minimum Gasteiger partial charge on any atom is -0.363 e. The number of H-pyrrole nitrogens is 2. The monoisotopic (exact) mass is 536 g/mol. The molecule has 3 nitrogen and oxygen atoms in total. The van der Waals surface area contributed by atoms with Gasteiger partial charge in [-0.3, -0.25) is 4.79 Å². The molecule has 108 valence electrons. The highest BCUT2D eigenvalue weighted by molar-refractivity contribution is 14.1. The third-order valence-corrected chi connectivity index (χ3v) is 4.95. The standard InChI is InChI=1S/C13H12Cl2I2N2O/c14-3-9(11-1-7(16)5-18-11)13(20)10(4-15)12-2-8(17)6-19-12/h1-2,5-6,9-10,18-19H,3-4H2. The number of carbonyl (C=O) groups is 1. The van der Waals surface area contributed by atoms with Crippen molar-refractivity contribution in [2.75, 3.05) is 11.8 Å². The molecule has 0 radical (unpaired) electrons. The molecule has 0 bridgehead atoms. The second-order valence-corrected chi connectivity index (χ2v) is 7.47. The summed E-state index contributed by atoms with van der Waals surface area (Å²) in [5.74, 6) is -0.234. The van der Waals surface area contributed by atoms with E-state index < -0.39 is 0 Å². The van der Waals surface area contributed by atoms with Crippen LogP contribution in [0.5, 0.6) is 0 Å². The maximum absolute atomic E-state index is 12.7. The van der Waals surface area contributed by atoms with E-state index in [0.29, 0.717) is 0 Å². The van der Waals surface area contributed by atoms with Gasteiger partial charge in [0, 0.05) is 42.7 Å². The predicted molar refractivity (Wildman–Crippen MR) is 98.9 cm³/mol. The molecule has 7 heteroatoms. The summed E-state index contributed by atoms with van der Waals surface area (Å²) in [7, 11) is 0. The SMILES string of the molecule is O=C(C(CCl)c1cc(I)c[nH]1)C(CCl)c1cc(I)c[nH]1. The lowest BCUT2D eigenvalue weighted by atomic mass is 9.91. The van der Waals surface area contributed by atoms with Gasteiger partial charge in [0.25, 0.3) is 0 Å². The van der Waals surface area contributed by atoms with Crippen LogP contribution in [-0.2, 0) is 4.79 Å². The van der Waals surface area contributed by atoms with E-state index in [2.05, 4.69) is 55.1 Å². The van der Waals surface area contributed by atoms with Crippen molar-refractivity contribution in [3.63, 3.8) is 0 Å². The van der Waals surface area contributed by atoms with Gasteiger partial charge in [0.15, 0.2) is 5.78 Å². The Morgan fingerprint density at radius 1 is 1.00 bits per heavy atom. The Morgan fingerprint density at radius 3 is 1.65 bits per heavy atom. The molecule has 2 N–H and O–H groups in total. The first-order valence-electron chi connectivity index (χ1n) is 5.90. The number of aromatic nitrogens is 2. The second-order valence-electron chi connectivity index (χ2n) is 4.36. The molecule has 2 aromatic heterocycles. The van der Waals surface area contributed by atoms with Crippen LogP contribution in [0.15, 0.2) is 24.5 Å². The zero-order valence-corrected chi connectivity index (χ0v) is 16.1. The summed E-state index contributed by atoms with van der Waals surface area (Å²) in [6.07, 6.45) is 3.71. The minimum atomic E-state index is -0.370. The van der Waals surface area contributed by atoms with E-state index in [1.165, 1.54) is 0 Å². The number of hydrogen-bond donors (Lipinski definition) is 2. The van der Waals surface area contributed by atoms with Crippen molar-refractivity contribution in [3.05, 3.63) is 43.1 Å². The van der Waals surface area contributed by atoms with Gasteiger partial charge in [0.2, 0.25) is 0 Å². The van der Waals surface area contributed by atoms with E-state index in [9.17, 15) is 4.79 Å². The van der Waals surface area contributed by atoms with Crippen LogP contribution in [0.2, 0.25) is 0 Å². The maximum Gasteiger partial charge on any atom is 0.153 e. The van der Waals surface area contributed by atoms with Crippen LogP contribution in [0.1, 0.15) is 23.2 Å². The molecule has 0 amide bonds. The topological polar surface area (TPSA) is 48.6 Å². The molecule has 2 atom stereocenters. The van der Waals surface area contributed by atoms with E-state index in [1.54, 1.807) is 0 Å². The van der Waals surface area contributed by atoms with Crippen LogP contribution in [-0.4, -0.2) is 27.5 Å². The Morgan fingerprint density at radius 2 is 1.40 bits per heavy atom. The third kappa shape index (κ3) is 3.72. The summed E-state index contributed by atoms with van der Waals surface area (Å²) in [6, 6.07) is 3.88. The maximum atomic E-state index is 12.7. The van der Waals surface area contributed by atoms with Crippen LogP contribution in [0.3, 0.4) is 0 Å². The van der Waals surface area contributed by atoms with Gasteiger partial charge in [-0.25, -0.2) is 0 Å². The number of carbonyl (C=O) groups excluding carboxylic acids is 1. The number of rotatable bonds is 6. The summed E-state index contributed by atoms with van der Waals surface area (Å²) >= 11 is 16.4. The van der Waals surface area contributed by atoms with Crippen molar-refractivity contribution in [3.8, 4) is 0 Å². The molecule has 0 spiro atoms.